The molecule has 1 aromatic carbocycles. The largest absolute Gasteiger partial charge is 0.419 e. The van der Waals surface area contributed by atoms with Crippen LogP contribution in [0, 0.1) is 5.82 Å². The van der Waals surface area contributed by atoms with Gasteiger partial charge in [-0.25, -0.2) is 4.39 Å². The van der Waals surface area contributed by atoms with Crippen molar-refractivity contribution in [1.82, 2.24) is 5.32 Å². The van der Waals surface area contributed by atoms with Crippen LogP contribution in [0.3, 0.4) is 0 Å². The van der Waals surface area contributed by atoms with Crippen molar-refractivity contribution in [3.63, 3.8) is 0 Å². The maximum Gasteiger partial charge on any atom is 0.419 e. The van der Waals surface area contributed by atoms with Gasteiger partial charge in [-0.3, -0.25) is 0 Å². The molecule has 1 unspecified atom stereocenters. The van der Waals surface area contributed by atoms with Gasteiger partial charge in [0.25, 0.3) is 0 Å². The molecule has 5 heteroatoms. The number of hydrogen-bond donors (Lipinski definition) is 1. The molecule has 100 valence electrons. The summed E-state index contributed by atoms with van der Waals surface area (Å²) < 4.78 is 51.0. The molecule has 0 bridgehead atoms. The zero-order chi connectivity index (χ0) is 13.4. The normalized spacial score (nSPS) is 24.5. The maximum atomic E-state index is 13.6. The van der Waals surface area contributed by atoms with Crippen LogP contribution in [0.25, 0.3) is 0 Å². The van der Waals surface area contributed by atoms with Gasteiger partial charge >= 0.3 is 6.18 Å². The van der Waals surface area contributed by atoms with E-state index in [1.807, 2.05) is 6.92 Å². The van der Waals surface area contributed by atoms with Gasteiger partial charge in [-0.1, -0.05) is 13.0 Å². The summed E-state index contributed by atoms with van der Waals surface area (Å²) in [6.07, 6.45) is -2.12. The highest BCUT2D eigenvalue weighted by molar-refractivity contribution is 5.32. The van der Waals surface area contributed by atoms with E-state index in [4.69, 9.17) is 0 Å². The summed E-state index contributed by atoms with van der Waals surface area (Å²) in [4.78, 5) is 0. The van der Waals surface area contributed by atoms with Crippen molar-refractivity contribution in [1.29, 1.82) is 0 Å². The molecule has 1 atom stereocenters. The van der Waals surface area contributed by atoms with E-state index in [2.05, 4.69) is 5.32 Å². The van der Waals surface area contributed by atoms with E-state index in [-0.39, 0.29) is 5.54 Å². The third-order valence-electron chi connectivity index (χ3n) is 3.67. The van der Waals surface area contributed by atoms with Crippen LogP contribution in [-0.2, 0) is 11.7 Å². The zero-order valence-corrected chi connectivity index (χ0v) is 10.1. The van der Waals surface area contributed by atoms with Gasteiger partial charge in [0, 0.05) is 5.54 Å². The topological polar surface area (TPSA) is 12.0 Å². The summed E-state index contributed by atoms with van der Waals surface area (Å²) in [5, 5.41) is 3.27. The second-order valence-corrected chi connectivity index (χ2v) is 4.66. The van der Waals surface area contributed by atoms with Crippen molar-refractivity contribution in [3.05, 3.63) is 35.1 Å². The molecule has 0 saturated carbocycles. The van der Waals surface area contributed by atoms with E-state index >= 15 is 0 Å². The van der Waals surface area contributed by atoms with E-state index in [1.165, 1.54) is 6.07 Å². The van der Waals surface area contributed by atoms with Crippen molar-refractivity contribution < 1.29 is 17.6 Å². The highest BCUT2D eigenvalue weighted by atomic mass is 19.4. The van der Waals surface area contributed by atoms with Crippen LogP contribution in [0.1, 0.15) is 37.3 Å². The van der Waals surface area contributed by atoms with Gasteiger partial charge in [0.2, 0.25) is 0 Å². The molecule has 0 radical (unpaired) electrons. The molecule has 0 aliphatic carbocycles. The van der Waals surface area contributed by atoms with Crippen LogP contribution >= 0.6 is 0 Å². The number of benzene rings is 1. The second kappa shape index (κ2) is 4.53. The van der Waals surface area contributed by atoms with Crippen LogP contribution in [0.4, 0.5) is 17.6 Å². The first kappa shape index (κ1) is 13.3. The van der Waals surface area contributed by atoms with E-state index in [1.54, 1.807) is 0 Å². The van der Waals surface area contributed by atoms with Crippen molar-refractivity contribution in [2.24, 2.45) is 0 Å². The Kier molecular flexibility index (Phi) is 3.36. The number of nitrogens with one attached hydrogen (secondary N) is 1. The Labute approximate surface area is 103 Å². The number of halogens is 4. The fraction of sp³-hybridized carbons (Fsp3) is 0.538. The number of rotatable bonds is 2. The summed E-state index contributed by atoms with van der Waals surface area (Å²) in [6.45, 7) is 2.77. The van der Waals surface area contributed by atoms with Gasteiger partial charge in [-0.15, -0.1) is 0 Å². The fourth-order valence-electron chi connectivity index (χ4n) is 2.60. The zero-order valence-electron chi connectivity index (χ0n) is 10.1. The Balaban J connectivity index is 2.40. The minimum absolute atomic E-state index is 0.370. The first-order valence-corrected chi connectivity index (χ1v) is 6.01. The van der Waals surface area contributed by atoms with Crippen LogP contribution in [0.2, 0.25) is 0 Å². The Morgan fingerprint density at radius 3 is 2.50 bits per heavy atom. The van der Waals surface area contributed by atoms with Crippen LogP contribution in [0.15, 0.2) is 18.2 Å². The van der Waals surface area contributed by atoms with E-state index < -0.39 is 17.6 Å². The van der Waals surface area contributed by atoms with Crippen molar-refractivity contribution in [3.8, 4) is 0 Å². The number of hydrogen-bond acceptors (Lipinski definition) is 1. The lowest BCUT2D eigenvalue weighted by Gasteiger charge is -2.29. The van der Waals surface area contributed by atoms with Gasteiger partial charge in [0.05, 0.1) is 5.56 Å². The molecule has 0 aromatic heterocycles. The van der Waals surface area contributed by atoms with Gasteiger partial charge in [-0.05, 0) is 43.5 Å². The molecule has 1 aliphatic rings. The monoisotopic (exact) mass is 261 g/mol. The maximum absolute atomic E-state index is 13.6. The minimum atomic E-state index is -4.63. The quantitative estimate of drug-likeness (QED) is 0.798. The fourth-order valence-corrected chi connectivity index (χ4v) is 2.60. The predicted molar refractivity (Wildman–Crippen MR) is 60.6 cm³/mol. The Morgan fingerprint density at radius 2 is 2.06 bits per heavy atom. The summed E-state index contributed by atoms with van der Waals surface area (Å²) in [5.41, 5.74) is -0.964. The summed E-state index contributed by atoms with van der Waals surface area (Å²) in [5.74, 6) is -1.19. The molecule has 1 heterocycles. The highest BCUT2D eigenvalue weighted by Crippen LogP contribution is 2.37. The summed E-state index contributed by atoms with van der Waals surface area (Å²) in [7, 11) is 0. The van der Waals surface area contributed by atoms with Gasteiger partial charge in [0.1, 0.15) is 5.82 Å². The molecule has 1 aliphatic heterocycles. The third kappa shape index (κ3) is 2.23. The smallest absolute Gasteiger partial charge is 0.307 e. The molecule has 2 rings (SSSR count). The first-order chi connectivity index (χ1) is 8.39. The Bertz CT molecular complexity index is 433. The lowest BCUT2D eigenvalue weighted by Crippen LogP contribution is -2.36. The van der Waals surface area contributed by atoms with Crippen LogP contribution < -0.4 is 5.32 Å². The molecular formula is C13H15F4N. The van der Waals surface area contributed by atoms with Gasteiger partial charge in [-0.2, -0.15) is 13.2 Å². The third-order valence-corrected chi connectivity index (χ3v) is 3.67. The molecule has 1 saturated heterocycles. The second-order valence-electron chi connectivity index (χ2n) is 4.66. The molecule has 1 aromatic rings. The van der Waals surface area contributed by atoms with Crippen molar-refractivity contribution in [2.75, 3.05) is 6.54 Å². The average molecular weight is 261 g/mol. The van der Waals surface area contributed by atoms with E-state index in [9.17, 15) is 17.6 Å². The summed E-state index contributed by atoms with van der Waals surface area (Å²) in [6, 6.07) is 3.24. The molecule has 1 nitrogen and oxygen atoms in total. The molecule has 0 spiro atoms. The van der Waals surface area contributed by atoms with Crippen molar-refractivity contribution in [2.45, 2.75) is 37.9 Å². The molecule has 0 amide bonds. The molecule has 18 heavy (non-hydrogen) atoms. The first-order valence-electron chi connectivity index (χ1n) is 6.01. The molecular weight excluding hydrogens is 246 g/mol. The van der Waals surface area contributed by atoms with Crippen LogP contribution in [-0.4, -0.2) is 6.54 Å². The van der Waals surface area contributed by atoms with Crippen molar-refractivity contribution >= 4 is 0 Å². The SMILES string of the molecule is CCC1(c2ccc(C(F)(F)F)c(F)c2)CCCN1. The molecule has 1 fully saturated rings. The summed E-state index contributed by atoms with van der Waals surface area (Å²) >= 11 is 0. The highest BCUT2D eigenvalue weighted by Gasteiger charge is 2.37. The number of alkyl halides is 3. The minimum Gasteiger partial charge on any atom is -0.307 e. The lowest BCUT2D eigenvalue weighted by atomic mass is 9.85. The lowest BCUT2D eigenvalue weighted by molar-refractivity contribution is -0.140. The van der Waals surface area contributed by atoms with Gasteiger partial charge in [0.15, 0.2) is 0 Å². The Morgan fingerprint density at radius 1 is 1.33 bits per heavy atom. The van der Waals surface area contributed by atoms with E-state index in [0.29, 0.717) is 5.56 Å². The predicted octanol–water partition coefficient (Wildman–Crippen LogP) is 3.83. The average Bonchev–Trinajstić information content (AvgIpc) is 2.76. The molecule has 1 N–H and O–H groups in total. The van der Waals surface area contributed by atoms with Crippen LogP contribution in [0.5, 0.6) is 0 Å². The van der Waals surface area contributed by atoms with E-state index in [0.717, 1.165) is 37.9 Å². The van der Waals surface area contributed by atoms with Gasteiger partial charge < -0.3 is 5.32 Å². The Hall–Kier alpha value is -1.10. The standard InChI is InChI=1S/C13H15F4N/c1-2-12(6-3-7-18-12)9-4-5-10(11(14)8-9)13(15,16)17/h4-5,8,18H,2-3,6-7H2,1H3.